The van der Waals surface area contributed by atoms with E-state index in [4.69, 9.17) is 15.2 Å². The Morgan fingerprint density at radius 3 is 2.83 bits per heavy atom. The van der Waals surface area contributed by atoms with E-state index in [1.807, 2.05) is 30.5 Å². The summed E-state index contributed by atoms with van der Waals surface area (Å²) in [6, 6.07) is 5.71. The van der Waals surface area contributed by atoms with E-state index >= 15 is 0 Å². The zero-order valence-electron chi connectivity index (χ0n) is 10.4. The van der Waals surface area contributed by atoms with Crippen LogP contribution in [0.1, 0.15) is 23.5 Å². The van der Waals surface area contributed by atoms with Crippen LogP contribution in [-0.4, -0.2) is 12.1 Å². The summed E-state index contributed by atoms with van der Waals surface area (Å²) in [4.78, 5) is 4.17. The van der Waals surface area contributed by atoms with Crippen molar-refractivity contribution in [3.8, 4) is 11.5 Å². The van der Waals surface area contributed by atoms with Gasteiger partial charge in [-0.15, -0.1) is 11.3 Å². The first-order chi connectivity index (χ1) is 8.70. The number of nitrogens with two attached hydrogens (primary N) is 1. The number of methoxy groups -OCH3 is 1. The monoisotopic (exact) mass is 264 g/mol. The van der Waals surface area contributed by atoms with E-state index in [9.17, 15) is 0 Å². The number of thiazole rings is 1. The number of rotatable bonds is 5. The maximum Gasteiger partial charge on any atom is 0.161 e. The molecule has 0 aliphatic carbocycles. The summed E-state index contributed by atoms with van der Waals surface area (Å²) < 4.78 is 11.0. The van der Waals surface area contributed by atoms with Crippen LogP contribution >= 0.6 is 11.3 Å². The number of benzene rings is 1. The summed E-state index contributed by atoms with van der Waals surface area (Å²) in [7, 11) is 1.62. The Kier molecular flexibility index (Phi) is 4.17. The minimum Gasteiger partial charge on any atom is -0.493 e. The van der Waals surface area contributed by atoms with Crippen LogP contribution in [0.3, 0.4) is 0 Å². The standard InChI is InChI=1S/C13H16N2O2S/c1-9(14)10-3-4-11(12(7-10)16-2)17-8-13-15-5-6-18-13/h3-7,9H,8,14H2,1-2H3/t9-/m0/s1. The molecule has 4 nitrogen and oxygen atoms in total. The van der Waals surface area contributed by atoms with Crippen molar-refractivity contribution in [2.45, 2.75) is 19.6 Å². The highest BCUT2D eigenvalue weighted by atomic mass is 32.1. The lowest BCUT2D eigenvalue weighted by Crippen LogP contribution is -2.05. The Balaban J connectivity index is 2.12. The van der Waals surface area contributed by atoms with Crippen LogP contribution in [-0.2, 0) is 6.61 Å². The van der Waals surface area contributed by atoms with Crippen LogP contribution in [0.25, 0.3) is 0 Å². The van der Waals surface area contributed by atoms with Gasteiger partial charge in [-0.3, -0.25) is 0 Å². The Bertz CT molecular complexity index is 498. The molecule has 0 fully saturated rings. The molecule has 5 heteroatoms. The molecule has 0 aliphatic rings. The molecule has 1 atom stereocenters. The van der Waals surface area contributed by atoms with E-state index in [2.05, 4.69) is 4.98 Å². The fourth-order valence-corrected chi connectivity index (χ4v) is 2.08. The second-order valence-corrected chi connectivity index (χ2v) is 4.89. The van der Waals surface area contributed by atoms with Gasteiger partial charge in [0.25, 0.3) is 0 Å². The zero-order chi connectivity index (χ0) is 13.0. The molecule has 1 aromatic carbocycles. The van der Waals surface area contributed by atoms with Gasteiger partial charge in [0.05, 0.1) is 7.11 Å². The molecule has 0 amide bonds. The lowest BCUT2D eigenvalue weighted by atomic mass is 10.1. The molecule has 0 saturated carbocycles. The predicted octanol–water partition coefficient (Wildman–Crippen LogP) is 2.75. The molecule has 0 unspecified atom stereocenters. The van der Waals surface area contributed by atoms with Gasteiger partial charge in [0.15, 0.2) is 11.5 Å². The molecule has 0 saturated heterocycles. The van der Waals surface area contributed by atoms with Crippen molar-refractivity contribution in [1.82, 2.24) is 4.98 Å². The Morgan fingerprint density at radius 2 is 2.22 bits per heavy atom. The molecule has 0 spiro atoms. The largest absolute Gasteiger partial charge is 0.493 e. The average molecular weight is 264 g/mol. The van der Waals surface area contributed by atoms with Gasteiger partial charge in [0.2, 0.25) is 0 Å². The van der Waals surface area contributed by atoms with Crippen LogP contribution in [0.15, 0.2) is 29.8 Å². The van der Waals surface area contributed by atoms with Crippen molar-refractivity contribution in [3.05, 3.63) is 40.3 Å². The van der Waals surface area contributed by atoms with E-state index in [-0.39, 0.29) is 6.04 Å². The molecule has 96 valence electrons. The molecule has 0 radical (unpaired) electrons. The summed E-state index contributed by atoms with van der Waals surface area (Å²) in [6.45, 7) is 2.39. The van der Waals surface area contributed by atoms with Crippen LogP contribution in [0.2, 0.25) is 0 Å². The zero-order valence-corrected chi connectivity index (χ0v) is 11.2. The second kappa shape index (κ2) is 5.84. The maximum absolute atomic E-state index is 5.83. The molecule has 1 heterocycles. The number of nitrogens with zero attached hydrogens (tertiary/aromatic N) is 1. The molecule has 1 aromatic heterocycles. The summed E-state index contributed by atoms with van der Waals surface area (Å²) in [5.41, 5.74) is 6.86. The quantitative estimate of drug-likeness (QED) is 0.902. The van der Waals surface area contributed by atoms with E-state index in [1.54, 1.807) is 24.6 Å². The molecule has 0 aliphatic heterocycles. The fraction of sp³-hybridized carbons (Fsp3) is 0.308. The number of aromatic nitrogens is 1. The topological polar surface area (TPSA) is 57.4 Å². The van der Waals surface area contributed by atoms with Gasteiger partial charge < -0.3 is 15.2 Å². The summed E-state index contributed by atoms with van der Waals surface area (Å²) in [5, 5.41) is 2.86. The molecule has 2 aromatic rings. The van der Waals surface area contributed by atoms with E-state index in [1.165, 1.54) is 0 Å². The average Bonchev–Trinajstić information content (AvgIpc) is 2.89. The Hall–Kier alpha value is -1.59. The van der Waals surface area contributed by atoms with Crippen molar-refractivity contribution < 1.29 is 9.47 Å². The van der Waals surface area contributed by atoms with Crippen LogP contribution < -0.4 is 15.2 Å². The minimum atomic E-state index is -0.0214. The van der Waals surface area contributed by atoms with Gasteiger partial charge >= 0.3 is 0 Å². The maximum atomic E-state index is 5.83. The van der Waals surface area contributed by atoms with Crippen molar-refractivity contribution in [2.75, 3.05) is 7.11 Å². The highest BCUT2D eigenvalue weighted by Crippen LogP contribution is 2.30. The lowest BCUT2D eigenvalue weighted by molar-refractivity contribution is 0.284. The fourth-order valence-electron chi connectivity index (χ4n) is 1.55. The van der Waals surface area contributed by atoms with Gasteiger partial charge in [-0.05, 0) is 24.6 Å². The third kappa shape index (κ3) is 3.00. The predicted molar refractivity (Wildman–Crippen MR) is 72.0 cm³/mol. The van der Waals surface area contributed by atoms with Crippen molar-refractivity contribution >= 4 is 11.3 Å². The molecule has 18 heavy (non-hydrogen) atoms. The molecular formula is C13H16N2O2S. The lowest BCUT2D eigenvalue weighted by Gasteiger charge is -2.12. The normalized spacial score (nSPS) is 12.2. The SMILES string of the molecule is COc1cc([C@H](C)N)ccc1OCc1nccs1. The number of hydrogen-bond acceptors (Lipinski definition) is 5. The summed E-state index contributed by atoms with van der Waals surface area (Å²) in [5.74, 6) is 1.40. The second-order valence-electron chi connectivity index (χ2n) is 3.91. The summed E-state index contributed by atoms with van der Waals surface area (Å²) in [6.07, 6.45) is 1.76. The van der Waals surface area contributed by atoms with Crippen molar-refractivity contribution in [2.24, 2.45) is 5.73 Å². The first kappa shape index (κ1) is 12.9. The van der Waals surface area contributed by atoms with Crippen LogP contribution in [0.5, 0.6) is 11.5 Å². The third-order valence-corrected chi connectivity index (χ3v) is 3.30. The number of hydrogen-bond donors (Lipinski definition) is 1. The van der Waals surface area contributed by atoms with Crippen LogP contribution in [0.4, 0.5) is 0 Å². The van der Waals surface area contributed by atoms with E-state index < -0.39 is 0 Å². The third-order valence-electron chi connectivity index (χ3n) is 2.55. The van der Waals surface area contributed by atoms with E-state index in [0.29, 0.717) is 18.1 Å². The van der Waals surface area contributed by atoms with Gasteiger partial charge in [0, 0.05) is 17.6 Å². The first-order valence-corrected chi connectivity index (χ1v) is 6.53. The highest BCUT2D eigenvalue weighted by molar-refractivity contribution is 7.09. The molecular weight excluding hydrogens is 248 g/mol. The van der Waals surface area contributed by atoms with Crippen molar-refractivity contribution in [1.29, 1.82) is 0 Å². The van der Waals surface area contributed by atoms with Gasteiger partial charge in [-0.2, -0.15) is 0 Å². The van der Waals surface area contributed by atoms with Crippen LogP contribution in [0, 0.1) is 0 Å². The molecule has 2 N–H and O–H groups in total. The van der Waals surface area contributed by atoms with E-state index in [0.717, 1.165) is 10.6 Å². The van der Waals surface area contributed by atoms with Crippen molar-refractivity contribution in [3.63, 3.8) is 0 Å². The Morgan fingerprint density at radius 1 is 1.39 bits per heavy atom. The molecule has 2 rings (SSSR count). The minimum absolute atomic E-state index is 0.0214. The van der Waals surface area contributed by atoms with Gasteiger partial charge in [-0.25, -0.2) is 4.98 Å². The van der Waals surface area contributed by atoms with Gasteiger partial charge in [-0.1, -0.05) is 6.07 Å². The Labute approximate surface area is 110 Å². The smallest absolute Gasteiger partial charge is 0.161 e. The number of ether oxygens (including phenoxy) is 2. The summed E-state index contributed by atoms with van der Waals surface area (Å²) >= 11 is 1.57. The first-order valence-electron chi connectivity index (χ1n) is 5.65. The molecule has 0 bridgehead atoms. The highest BCUT2D eigenvalue weighted by Gasteiger charge is 2.08. The van der Waals surface area contributed by atoms with Gasteiger partial charge in [0.1, 0.15) is 11.6 Å².